The van der Waals surface area contributed by atoms with E-state index in [9.17, 15) is 9.59 Å². The molecule has 16 heavy (non-hydrogen) atoms. The van der Waals surface area contributed by atoms with Crippen LogP contribution in [0, 0.1) is 5.92 Å². The first kappa shape index (κ1) is 11.1. The largest absolute Gasteiger partial charge is 0.354 e. The van der Waals surface area contributed by atoms with Crippen LogP contribution in [0.15, 0.2) is 21.9 Å². The Labute approximate surface area is 93.1 Å². The number of hydrogen-bond acceptors (Lipinski definition) is 3. The summed E-state index contributed by atoms with van der Waals surface area (Å²) in [4.78, 5) is 24.8. The van der Waals surface area contributed by atoms with Crippen LogP contribution >= 0.6 is 0 Å². The van der Waals surface area contributed by atoms with Gasteiger partial charge in [-0.2, -0.15) is 0 Å². The van der Waals surface area contributed by atoms with E-state index in [2.05, 4.69) is 18.8 Å². The topological polar surface area (TPSA) is 64.1 Å². The number of H-pyrrole nitrogens is 1. The normalized spacial score (nSPS) is 29.5. The van der Waals surface area contributed by atoms with E-state index in [4.69, 9.17) is 4.74 Å². The molecule has 0 bridgehead atoms. The number of aromatic nitrogens is 2. The van der Waals surface area contributed by atoms with Gasteiger partial charge in [0.1, 0.15) is 6.23 Å². The first-order valence-corrected chi connectivity index (χ1v) is 5.58. The summed E-state index contributed by atoms with van der Waals surface area (Å²) < 4.78 is 7.23. The average molecular weight is 224 g/mol. The second kappa shape index (κ2) is 4.25. The lowest BCUT2D eigenvalue weighted by Crippen LogP contribution is -2.33. The van der Waals surface area contributed by atoms with E-state index < -0.39 is 5.69 Å². The Bertz CT molecular complexity index is 477. The average Bonchev–Trinajstić information content (AvgIpc) is 2.60. The molecule has 3 atom stereocenters. The van der Waals surface area contributed by atoms with E-state index in [1.54, 1.807) is 0 Å². The number of hydrogen-bond donors (Lipinski definition) is 1. The van der Waals surface area contributed by atoms with E-state index in [0.717, 1.165) is 12.8 Å². The molecule has 1 aliphatic rings. The number of nitrogens with one attached hydrogen (secondary N) is 1. The minimum atomic E-state index is -0.402. The summed E-state index contributed by atoms with van der Waals surface area (Å²) in [5, 5.41) is 0. The lowest BCUT2D eigenvalue weighted by Gasteiger charge is -2.17. The maximum absolute atomic E-state index is 11.6. The number of rotatable bonds is 2. The molecule has 2 unspecified atom stereocenters. The first-order chi connectivity index (χ1) is 7.61. The number of aromatic amines is 1. The smallest absolute Gasteiger partial charge is 0.330 e. The Balaban J connectivity index is 2.31. The van der Waals surface area contributed by atoms with Crippen molar-refractivity contribution in [3.8, 4) is 0 Å². The molecule has 5 heteroatoms. The molecule has 0 aromatic carbocycles. The molecule has 2 rings (SSSR count). The molecule has 0 radical (unpaired) electrons. The molecule has 1 aromatic rings. The second-order valence-electron chi connectivity index (χ2n) is 4.29. The molecule has 0 aliphatic carbocycles. The molecule has 2 heterocycles. The highest BCUT2D eigenvalue weighted by atomic mass is 16.5. The molecular weight excluding hydrogens is 208 g/mol. The zero-order chi connectivity index (χ0) is 11.7. The molecule has 1 aromatic heterocycles. The third kappa shape index (κ3) is 1.95. The lowest BCUT2D eigenvalue weighted by atomic mass is 10.0. The van der Waals surface area contributed by atoms with Crippen LogP contribution in [0.4, 0.5) is 0 Å². The van der Waals surface area contributed by atoms with Gasteiger partial charge < -0.3 is 4.74 Å². The number of nitrogens with zero attached hydrogens (tertiary/aromatic N) is 1. The zero-order valence-electron chi connectivity index (χ0n) is 9.47. The summed E-state index contributed by atoms with van der Waals surface area (Å²) in [5.41, 5.74) is -0.778. The first-order valence-electron chi connectivity index (χ1n) is 5.58. The van der Waals surface area contributed by atoms with Crippen LogP contribution in [0.3, 0.4) is 0 Å². The van der Waals surface area contributed by atoms with Gasteiger partial charge in [-0.05, 0) is 12.8 Å². The molecule has 5 nitrogen and oxygen atoms in total. The van der Waals surface area contributed by atoms with E-state index in [1.807, 2.05) is 0 Å². The minimum absolute atomic E-state index is 0.207. The van der Waals surface area contributed by atoms with Gasteiger partial charge in [-0.3, -0.25) is 14.3 Å². The van der Waals surface area contributed by atoms with Gasteiger partial charge >= 0.3 is 5.69 Å². The summed E-state index contributed by atoms with van der Waals surface area (Å²) in [6.45, 7) is 4.12. The van der Waals surface area contributed by atoms with E-state index in [-0.39, 0.29) is 23.8 Å². The van der Waals surface area contributed by atoms with Crippen molar-refractivity contribution >= 4 is 0 Å². The van der Waals surface area contributed by atoms with Crippen molar-refractivity contribution in [1.82, 2.24) is 9.55 Å². The summed E-state index contributed by atoms with van der Waals surface area (Å²) in [6.07, 6.45) is 3.35. The molecule has 0 amide bonds. The minimum Gasteiger partial charge on any atom is -0.354 e. The molecular formula is C11H16N2O3. The molecule has 1 fully saturated rings. The van der Waals surface area contributed by atoms with Crippen LogP contribution in [0.2, 0.25) is 0 Å². The highest BCUT2D eigenvalue weighted by Crippen LogP contribution is 2.33. The fraction of sp³-hybridized carbons (Fsp3) is 0.636. The van der Waals surface area contributed by atoms with Crippen molar-refractivity contribution < 1.29 is 4.74 Å². The summed E-state index contributed by atoms with van der Waals surface area (Å²) >= 11 is 0. The fourth-order valence-electron chi connectivity index (χ4n) is 2.15. The van der Waals surface area contributed by atoms with Crippen molar-refractivity contribution in [2.75, 3.05) is 0 Å². The van der Waals surface area contributed by atoms with Crippen LogP contribution in [0.25, 0.3) is 0 Å². The molecule has 1 aliphatic heterocycles. The molecule has 88 valence electrons. The van der Waals surface area contributed by atoms with E-state index in [1.165, 1.54) is 16.8 Å². The van der Waals surface area contributed by atoms with Crippen molar-refractivity contribution in [1.29, 1.82) is 0 Å². The Morgan fingerprint density at radius 1 is 1.56 bits per heavy atom. The van der Waals surface area contributed by atoms with Gasteiger partial charge in [-0.15, -0.1) is 0 Å². The second-order valence-corrected chi connectivity index (χ2v) is 4.29. The van der Waals surface area contributed by atoms with Gasteiger partial charge in [0.05, 0.1) is 6.10 Å². The van der Waals surface area contributed by atoms with Crippen molar-refractivity contribution in [3.05, 3.63) is 33.1 Å². The summed E-state index contributed by atoms with van der Waals surface area (Å²) in [5.74, 6) is 0.286. The van der Waals surface area contributed by atoms with Crippen LogP contribution < -0.4 is 11.2 Å². The predicted octanol–water partition coefficient (Wildman–Crippen LogP) is 0.870. The van der Waals surface area contributed by atoms with Crippen LogP contribution in [0.5, 0.6) is 0 Å². The van der Waals surface area contributed by atoms with Crippen LogP contribution in [0.1, 0.15) is 32.9 Å². The zero-order valence-corrected chi connectivity index (χ0v) is 9.47. The standard InChI is InChI=1S/C11H16N2O3/c1-3-8-6-7(2)10(16-8)13-5-4-9(14)12-11(13)15/h4-5,7-8,10H,3,6H2,1-2H3,(H,12,14,15)/t7?,8-,10?/m1/s1. The number of ether oxygens (including phenoxy) is 1. The highest BCUT2D eigenvalue weighted by molar-refractivity contribution is 4.87. The van der Waals surface area contributed by atoms with E-state index >= 15 is 0 Å². The maximum atomic E-state index is 11.6. The molecule has 1 saturated heterocycles. The Morgan fingerprint density at radius 2 is 2.31 bits per heavy atom. The van der Waals surface area contributed by atoms with Crippen molar-refractivity contribution in [3.63, 3.8) is 0 Å². The van der Waals surface area contributed by atoms with Gasteiger partial charge in [0.25, 0.3) is 5.56 Å². The third-order valence-electron chi connectivity index (χ3n) is 3.03. The van der Waals surface area contributed by atoms with Gasteiger partial charge in [0.2, 0.25) is 0 Å². The maximum Gasteiger partial charge on any atom is 0.330 e. The molecule has 0 saturated carbocycles. The lowest BCUT2D eigenvalue weighted by molar-refractivity contribution is -0.0142. The van der Waals surface area contributed by atoms with Gasteiger partial charge in [0, 0.05) is 18.2 Å². The highest BCUT2D eigenvalue weighted by Gasteiger charge is 2.32. The monoisotopic (exact) mass is 224 g/mol. The quantitative estimate of drug-likeness (QED) is 0.810. The third-order valence-corrected chi connectivity index (χ3v) is 3.03. The SMILES string of the molecule is CC[C@@H]1CC(C)C(n2ccc(=O)[nH]c2=O)O1. The Kier molecular flexibility index (Phi) is 2.96. The van der Waals surface area contributed by atoms with Crippen LogP contribution in [-0.2, 0) is 4.74 Å². The summed E-state index contributed by atoms with van der Waals surface area (Å²) in [6, 6.07) is 1.34. The molecule has 1 N–H and O–H groups in total. The summed E-state index contributed by atoms with van der Waals surface area (Å²) in [7, 11) is 0. The van der Waals surface area contributed by atoms with Gasteiger partial charge in [-0.25, -0.2) is 4.79 Å². The van der Waals surface area contributed by atoms with Crippen molar-refractivity contribution in [2.45, 2.75) is 39.0 Å². The van der Waals surface area contributed by atoms with Gasteiger partial charge in [0.15, 0.2) is 0 Å². The van der Waals surface area contributed by atoms with E-state index in [0.29, 0.717) is 0 Å². The molecule has 0 spiro atoms. The Hall–Kier alpha value is -1.36. The Morgan fingerprint density at radius 3 is 2.88 bits per heavy atom. The predicted molar refractivity (Wildman–Crippen MR) is 59.3 cm³/mol. The van der Waals surface area contributed by atoms with Crippen LogP contribution in [-0.4, -0.2) is 15.7 Å². The fourth-order valence-corrected chi connectivity index (χ4v) is 2.15. The van der Waals surface area contributed by atoms with Crippen molar-refractivity contribution in [2.24, 2.45) is 5.92 Å². The van der Waals surface area contributed by atoms with Gasteiger partial charge in [-0.1, -0.05) is 13.8 Å².